The molecule has 2 aromatic heterocycles. The van der Waals surface area contributed by atoms with Gasteiger partial charge in [-0.3, -0.25) is 19.2 Å². The monoisotopic (exact) mass is 622 g/mol. The molecule has 4 heterocycles. The van der Waals surface area contributed by atoms with Crippen molar-refractivity contribution in [2.24, 2.45) is 0 Å². The molecule has 2 aromatic carbocycles. The molecule has 2 aliphatic rings. The van der Waals surface area contributed by atoms with Gasteiger partial charge in [-0.05, 0) is 74.9 Å². The van der Waals surface area contributed by atoms with Crippen molar-refractivity contribution in [3.63, 3.8) is 0 Å². The highest BCUT2D eigenvalue weighted by atomic mass is 16.5. The fourth-order valence-corrected chi connectivity index (χ4v) is 5.87. The summed E-state index contributed by atoms with van der Waals surface area (Å²) in [6.45, 7) is 4.41. The number of benzene rings is 2. The number of likely N-dealkylation sites (tertiary alicyclic amines) is 2. The van der Waals surface area contributed by atoms with Crippen LogP contribution in [0.2, 0.25) is 0 Å². The van der Waals surface area contributed by atoms with E-state index >= 15 is 0 Å². The van der Waals surface area contributed by atoms with Gasteiger partial charge in [-0.15, -0.1) is 0 Å². The zero-order chi connectivity index (χ0) is 32.2. The van der Waals surface area contributed by atoms with Crippen LogP contribution in [-0.2, 0) is 9.59 Å². The number of hydrogen-bond acceptors (Lipinski definition) is 8. The van der Waals surface area contributed by atoms with Crippen LogP contribution in [0, 0.1) is 13.8 Å². The van der Waals surface area contributed by atoms with Gasteiger partial charge in [0.15, 0.2) is 0 Å². The van der Waals surface area contributed by atoms with Crippen LogP contribution in [0.5, 0.6) is 0 Å². The second kappa shape index (κ2) is 13.2. The topological polar surface area (TPSA) is 151 Å². The smallest absolute Gasteiger partial charge is 0.259 e. The van der Waals surface area contributed by atoms with Gasteiger partial charge in [-0.2, -0.15) is 0 Å². The zero-order valence-corrected chi connectivity index (χ0v) is 25.6. The van der Waals surface area contributed by atoms with Gasteiger partial charge in [0.25, 0.3) is 11.8 Å². The van der Waals surface area contributed by atoms with Crippen molar-refractivity contribution >= 4 is 47.2 Å². The van der Waals surface area contributed by atoms with Crippen molar-refractivity contribution in [3.05, 3.63) is 94.7 Å². The fourth-order valence-electron chi connectivity index (χ4n) is 5.87. The van der Waals surface area contributed by atoms with Crippen molar-refractivity contribution in [3.8, 4) is 0 Å². The van der Waals surface area contributed by atoms with Crippen LogP contribution in [0.25, 0.3) is 12.2 Å². The number of hydrogen-bond donors (Lipinski definition) is 2. The second-order valence-corrected chi connectivity index (χ2v) is 11.5. The molecule has 46 heavy (non-hydrogen) atoms. The van der Waals surface area contributed by atoms with Gasteiger partial charge < -0.3 is 29.5 Å². The number of rotatable bonds is 8. The van der Waals surface area contributed by atoms with Gasteiger partial charge in [0.1, 0.15) is 35.7 Å². The minimum Gasteiger partial charge on any atom is -0.364 e. The van der Waals surface area contributed by atoms with Crippen LogP contribution in [-0.4, -0.2) is 68.9 Å². The molecule has 4 aromatic rings. The number of aryl methyl sites for hydroxylation is 2. The molecule has 12 nitrogen and oxygen atoms in total. The van der Waals surface area contributed by atoms with Gasteiger partial charge in [0, 0.05) is 24.5 Å². The lowest BCUT2D eigenvalue weighted by Crippen LogP contribution is -2.43. The van der Waals surface area contributed by atoms with E-state index in [0.717, 1.165) is 24.0 Å². The van der Waals surface area contributed by atoms with E-state index in [9.17, 15) is 19.2 Å². The maximum atomic E-state index is 13.0. The molecule has 0 spiro atoms. The van der Waals surface area contributed by atoms with Gasteiger partial charge in [0.2, 0.25) is 11.8 Å². The second-order valence-electron chi connectivity index (χ2n) is 11.5. The number of amides is 4. The summed E-state index contributed by atoms with van der Waals surface area (Å²) < 4.78 is 9.80. The minimum atomic E-state index is -0.558. The normalized spacial score (nSPS) is 17.9. The molecule has 12 heteroatoms. The van der Waals surface area contributed by atoms with Crippen LogP contribution in [0.4, 0.5) is 11.4 Å². The molecule has 4 amide bonds. The molecule has 2 aliphatic heterocycles. The molecule has 0 bridgehead atoms. The molecule has 0 radical (unpaired) electrons. The maximum absolute atomic E-state index is 13.0. The summed E-state index contributed by atoms with van der Waals surface area (Å²) in [5.74, 6) is -0.960. The summed E-state index contributed by atoms with van der Waals surface area (Å²) in [6, 6.07) is 13.8. The third-order valence-electron chi connectivity index (χ3n) is 8.42. The SMILES string of the molecule is Cc1nocc1C(=O)N1CCC[C@H]1C(=O)Nc1ccc(C=Cc2ccc(NC(=O)[C@@H]3CCCN3C(=O)c3conc3C)cc2)cc1. The fraction of sp³-hybridized carbons (Fsp3) is 0.294. The number of aromatic nitrogens is 2. The van der Waals surface area contributed by atoms with Crippen LogP contribution in [0.15, 0.2) is 70.1 Å². The summed E-state index contributed by atoms with van der Waals surface area (Å²) >= 11 is 0. The van der Waals surface area contributed by atoms with E-state index < -0.39 is 12.1 Å². The average Bonchev–Trinajstić information content (AvgIpc) is 3.88. The van der Waals surface area contributed by atoms with E-state index in [2.05, 4.69) is 20.9 Å². The highest BCUT2D eigenvalue weighted by Crippen LogP contribution is 2.25. The van der Waals surface area contributed by atoms with Crippen LogP contribution in [0.3, 0.4) is 0 Å². The van der Waals surface area contributed by atoms with E-state index in [4.69, 9.17) is 9.05 Å². The Balaban J connectivity index is 1.01. The predicted molar refractivity (Wildman–Crippen MR) is 170 cm³/mol. The summed E-state index contributed by atoms with van der Waals surface area (Å²) in [4.78, 5) is 55.1. The Labute approximate surface area is 265 Å². The number of carbonyl (C=O) groups excluding carboxylic acids is 4. The molecule has 236 valence electrons. The Morgan fingerprint density at radius 2 is 1.07 bits per heavy atom. The van der Waals surface area contributed by atoms with E-state index in [-0.39, 0.29) is 23.6 Å². The standard InChI is InChI=1S/C34H34N6O6/c1-21-27(19-45-37-21)33(43)39-17-3-5-29(39)31(41)35-25-13-9-23(10-14-25)7-8-24-11-15-26(16-12-24)36-32(42)30-6-4-18-40(30)34(44)28-20-46-38-22(28)2/h7-16,19-20,29-30H,3-6,17-18H2,1-2H3,(H,35,41)(H,36,42)/t29-,30-/m0/s1. The third-order valence-corrected chi connectivity index (χ3v) is 8.42. The van der Waals surface area contributed by atoms with Crippen molar-refractivity contribution in [2.75, 3.05) is 23.7 Å². The van der Waals surface area contributed by atoms with Crippen molar-refractivity contribution < 1.29 is 28.2 Å². The first-order valence-corrected chi connectivity index (χ1v) is 15.2. The molecule has 2 atom stereocenters. The van der Waals surface area contributed by atoms with Gasteiger partial charge in [-0.25, -0.2) is 0 Å². The molecule has 2 N–H and O–H groups in total. The molecular formula is C34H34N6O6. The van der Waals surface area contributed by atoms with Crippen LogP contribution < -0.4 is 10.6 Å². The van der Waals surface area contributed by atoms with Crippen molar-refractivity contribution in [1.82, 2.24) is 20.1 Å². The Hall–Kier alpha value is -5.52. The van der Waals surface area contributed by atoms with Crippen molar-refractivity contribution in [1.29, 1.82) is 0 Å². The first kappa shape index (κ1) is 30.5. The number of anilines is 2. The lowest BCUT2D eigenvalue weighted by molar-refractivity contribution is -0.120. The van der Waals surface area contributed by atoms with Gasteiger partial charge in [-0.1, -0.05) is 46.7 Å². The van der Waals surface area contributed by atoms with E-state index in [1.54, 1.807) is 23.6 Å². The minimum absolute atomic E-state index is 0.229. The van der Waals surface area contributed by atoms with Crippen LogP contribution in [0.1, 0.15) is 68.9 Å². The average molecular weight is 623 g/mol. The molecule has 0 aliphatic carbocycles. The summed E-state index contributed by atoms with van der Waals surface area (Å²) in [7, 11) is 0. The number of nitrogens with one attached hydrogen (secondary N) is 2. The Kier molecular flexibility index (Phi) is 8.77. The van der Waals surface area contributed by atoms with E-state index in [1.165, 1.54) is 12.5 Å². The first-order valence-electron chi connectivity index (χ1n) is 15.2. The molecule has 0 unspecified atom stereocenters. The molecule has 6 rings (SSSR count). The van der Waals surface area contributed by atoms with Crippen LogP contribution >= 0.6 is 0 Å². The number of nitrogens with zero attached hydrogens (tertiary/aromatic N) is 4. The van der Waals surface area contributed by atoms with Gasteiger partial charge in [0.05, 0.1) is 11.4 Å². The lowest BCUT2D eigenvalue weighted by Gasteiger charge is -2.23. The summed E-state index contributed by atoms with van der Waals surface area (Å²) in [5.41, 5.74) is 4.90. The molecule has 0 saturated carbocycles. The maximum Gasteiger partial charge on any atom is 0.259 e. The third kappa shape index (κ3) is 6.46. The Morgan fingerprint density at radius 3 is 1.41 bits per heavy atom. The zero-order valence-electron chi connectivity index (χ0n) is 25.6. The Bertz CT molecular complexity index is 1640. The van der Waals surface area contributed by atoms with Crippen molar-refractivity contribution in [2.45, 2.75) is 51.6 Å². The highest BCUT2D eigenvalue weighted by Gasteiger charge is 2.37. The van der Waals surface area contributed by atoms with E-state index in [0.29, 0.717) is 59.8 Å². The van der Waals surface area contributed by atoms with Gasteiger partial charge >= 0.3 is 0 Å². The Morgan fingerprint density at radius 1 is 0.674 bits per heavy atom. The largest absolute Gasteiger partial charge is 0.364 e. The van der Waals surface area contributed by atoms with E-state index in [1.807, 2.05) is 60.7 Å². The summed E-state index contributed by atoms with van der Waals surface area (Å²) in [5, 5.41) is 13.4. The molecule has 2 fully saturated rings. The highest BCUT2D eigenvalue weighted by molar-refractivity contribution is 6.03. The lowest BCUT2D eigenvalue weighted by atomic mass is 10.1. The molecular weight excluding hydrogens is 588 g/mol. The predicted octanol–water partition coefficient (Wildman–Crippen LogP) is 4.94. The number of carbonyl (C=O) groups is 4. The molecule has 2 saturated heterocycles. The quantitative estimate of drug-likeness (QED) is 0.263. The summed E-state index contributed by atoms with van der Waals surface area (Å²) in [6.07, 6.45) is 9.22. The first-order chi connectivity index (χ1) is 22.3.